The normalized spacial score (nSPS) is 26.3. The van der Waals surface area contributed by atoms with Crippen molar-refractivity contribution in [1.29, 1.82) is 0 Å². The fourth-order valence-corrected chi connectivity index (χ4v) is 4.88. The van der Waals surface area contributed by atoms with Gasteiger partial charge in [-0.3, -0.25) is 9.69 Å². The number of hydrogen-bond donors (Lipinski definition) is 0. The minimum atomic E-state index is 0.112. The summed E-state index contributed by atoms with van der Waals surface area (Å²) < 4.78 is 1.77. The van der Waals surface area contributed by atoms with Crippen molar-refractivity contribution in [2.45, 2.75) is 89.3 Å². The Hall–Kier alpha value is -1.16. The Morgan fingerprint density at radius 3 is 2.70 bits per heavy atom. The number of likely N-dealkylation sites (tertiary alicyclic amines) is 1. The van der Waals surface area contributed by atoms with E-state index in [1.165, 1.54) is 75.6 Å². The zero-order chi connectivity index (χ0) is 15.6. The molecular formula is C19H29N3O. The molecule has 0 radical (unpaired) electrons. The SMILES string of the molecule is O=c1cc2c(nn1CC1CCCN1C1CCCCC1)CCCC2. The number of fused-ring (bicyclic) bond motifs is 1. The largest absolute Gasteiger partial charge is 0.296 e. The molecule has 1 aromatic heterocycles. The van der Waals surface area contributed by atoms with Gasteiger partial charge >= 0.3 is 0 Å². The molecule has 0 aromatic carbocycles. The maximum Gasteiger partial charge on any atom is 0.267 e. The highest BCUT2D eigenvalue weighted by Crippen LogP contribution is 2.29. The highest BCUT2D eigenvalue weighted by Gasteiger charge is 2.32. The second-order valence-corrected chi connectivity index (χ2v) is 7.67. The third-order valence-electron chi connectivity index (χ3n) is 6.12. The first kappa shape index (κ1) is 15.4. The van der Waals surface area contributed by atoms with E-state index in [0.717, 1.165) is 25.4 Å². The Balaban J connectivity index is 1.51. The molecule has 4 nitrogen and oxygen atoms in total. The molecule has 0 N–H and O–H groups in total. The van der Waals surface area contributed by atoms with Crippen molar-refractivity contribution < 1.29 is 0 Å². The van der Waals surface area contributed by atoms with Crippen LogP contribution in [0.2, 0.25) is 0 Å². The molecule has 23 heavy (non-hydrogen) atoms. The van der Waals surface area contributed by atoms with E-state index in [1.807, 2.05) is 6.07 Å². The van der Waals surface area contributed by atoms with Gasteiger partial charge in [0.1, 0.15) is 0 Å². The fraction of sp³-hybridized carbons (Fsp3) is 0.789. The minimum Gasteiger partial charge on any atom is -0.296 e. The Labute approximate surface area is 138 Å². The Morgan fingerprint density at radius 2 is 1.83 bits per heavy atom. The van der Waals surface area contributed by atoms with Crippen LogP contribution in [0.5, 0.6) is 0 Å². The maximum absolute atomic E-state index is 12.4. The van der Waals surface area contributed by atoms with E-state index < -0.39 is 0 Å². The summed E-state index contributed by atoms with van der Waals surface area (Å²) in [5.41, 5.74) is 2.49. The summed E-state index contributed by atoms with van der Waals surface area (Å²) in [4.78, 5) is 15.1. The predicted molar refractivity (Wildman–Crippen MR) is 91.7 cm³/mol. The molecule has 2 fully saturated rings. The molecule has 1 saturated carbocycles. The lowest BCUT2D eigenvalue weighted by Crippen LogP contribution is -2.44. The molecule has 1 unspecified atom stereocenters. The van der Waals surface area contributed by atoms with Crippen LogP contribution in [0.25, 0.3) is 0 Å². The lowest BCUT2D eigenvalue weighted by atomic mass is 9.93. The summed E-state index contributed by atoms with van der Waals surface area (Å²) in [6, 6.07) is 3.14. The molecule has 2 aliphatic carbocycles. The second kappa shape index (κ2) is 6.76. The quantitative estimate of drug-likeness (QED) is 0.861. The molecule has 4 heteroatoms. The molecule has 3 aliphatic rings. The van der Waals surface area contributed by atoms with Crippen LogP contribution >= 0.6 is 0 Å². The minimum absolute atomic E-state index is 0.112. The number of rotatable bonds is 3. The van der Waals surface area contributed by atoms with Crippen LogP contribution in [0.4, 0.5) is 0 Å². The van der Waals surface area contributed by atoms with Gasteiger partial charge in [0.2, 0.25) is 0 Å². The van der Waals surface area contributed by atoms with Gasteiger partial charge in [0.15, 0.2) is 0 Å². The summed E-state index contributed by atoms with van der Waals surface area (Å²) in [6.07, 6.45) is 13.9. The average molecular weight is 315 g/mol. The second-order valence-electron chi connectivity index (χ2n) is 7.67. The molecule has 1 saturated heterocycles. The summed E-state index contributed by atoms with van der Waals surface area (Å²) in [6.45, 7) is 2.01. The van der Waals surface area contributed by atoms with Gasteiger partial charge in [-0.1, -0.05) is 19.3 Å². The first-order chi connectivity index (χ1) is 11.3. The van der Waals surface area contributed by atoms with Crippen molar-refractivity contribution in [1.82, 2.24) is 14.7 Å². The van der Waals surface area contributed by atoms with Gasteiger partial charge in [-0.15, -0.1) is 0 Å². The molecule has 0 amide bonds. The standard InChI is InChI=1S/C19H29N3O/c23-19-13-15-7-4-5-11-18(15)20-22(19)14-17-10-6-12-21(17)16-8-2-1-3-9-16/h13,16-17H,1-12,14H2. The van der Waals surface area contributed by atoms with Gasteiger partial charge in [0, 0.05) is 18.2 Å². The van der Waals surface area contributed by atoms with Gasteiger partial charge in [0.25, 0.3) is 5.56 Å². The average Bonchev–Trinajstić information content (AvgIpc) is 3.04. The van der Waals surface area contributed by atoms with Crippen molar-refractivity contribution in [2.24, 2.45) is 0 Å². The van der Waals surface area contributed by atoms with Crippen molar-refractivity contribution >= 4 is 0 Å². The zero-order valence-electron chi connectivity index (χ0n) is 14.2. The monoisotopic (exact) mass is 315 g/mol. The molecule has 4 rings (SSSR count). The highest BCUT2D eigenvalue weighted by molar-refractivity contribution is 5.20. The van der Waals surface area contributed by atoms with E-state index in [1.54, 1.807) is 4.68 Å². The highest BCUT2D eigenvalue weighted by atomic mass is 16.1. The number of aromatic nitrogens is 2. The fourth-order valence-electron chi connectivity index (χ4n) is 4.88. The smallest absolute Gasteiger partial charge is 0.267 e. The molecule has 0 bridgehead atoms. The molecular weight excluding hydrogens is 286 g/mol. The summed E-state index contributed by atoms with van der Waals surface area (Å²) >= 11 is 0. The van der Waals surface area contributed by atoms with Crippen molar-refractivity contribution in [3.8, 4) is 0 Å². The van der Waals surface area contributed by atoms with E-state index >= 15 is 0 Å². The van der Waals surface area contributed by atoms with Crippen LogP contribution < -0.4 is 5.56 Å². The van der Waals surface area contributed by atoms with Gasteiger partial charge in [0.05, 0.1) is 12.2 Å². The Morgan fingerprint density at radius 1 is 1.00 bits per heavy atom. The molecule has 2 heterocycles. The van der Waals surface area contributed by atoms with Gasteiger partial charge in [-0.05, 0) is 63.5 Å². The summed E-state index contributed by atoms with van der Waals surface area (Å²) in [5.74, 6) is 0. The number of nitrogens with zero attached hydrogens (tertiary/aromatic N) is 3. The van der Waals surface area contributed by atoms with Crippen LogP contribution in [0.15, 0.2) is 10.9 Å². The molecule has 126 valence electrons. The first-order valence-corrected chi connectivity index (χ1v) is 9.67. The van der Waals surface area contributed by atoms with E-state index in [-0.39, 0.29) is 5.56 Å². The molecule has 1 aliphatic heterocycles. The molecule has 1 aromatic rings. The van der Waals surface area contributed by atoms with Gasteiger partial charge in [-0.25, -0.2) is 4.68 Å². The van der Waals surface area contributed by atoms with Crippen LogP contribution in [0.1, 0.15) is 69.0 Å². The van der Waals surface area contributed by atoms with Crippen LogP contribution in [-0.2, 0) is 19.4 Å². The van der Waals surface area contributed by atoms with Gasteiger partial charge in [-0.2, -0.15) is 5.10 Å². The maximum atomic E-state index is 12.4. The van der Waals surface area contributed by atoms with E-state index in [9.17, 15) is 4.79 Å². The third kappa shape index (κ3) is 3.23. The zero-order valence-corrected chi connectivity index (χ0v) is 14.2. The van der Waals surface area contributed by atoms with Crippen LogP contribution in [-0.4, -0.2) is 33.3 Å². The Kier molecular flexibility index (Phi) is 4.52. The molecule has 0 spiro atoms. The van der Waals surface area contributed by atoms with E-state index in [4.69, 9.17) is 5.10 Å². The van der Waals surface area contributed by atoms with Gasteiger partial charge < -0.3 is 0 Å². The number of aryl methyl sites for hydroxylation is 2. The third-order valence-corrected chi connectivity index (χ3v) is 6.12. The summed E-state index contributed by atoms with van der Waals surface area (Å²) in [5, 5.41) is 4.73. The Bertz CT molecular complexity index is 603. The van der Waals surface area contributed by atoms with E-state index in [2.05, 4.69) is 4.90 Å². The van der Waals surface area contributed by atoms with Crippen LogP contribution in [0.3, 0.4) is 0 Å². The van der Waals surface area contributed by atoms with Crippen molar-refractivity contribution in [2.75, 3.05) is 6.54 Å². The van der Waals surface area contributed by atoms with Crippen LogP contribution in [0, 0.1) is 0 Å². The van der Waals surface area contributed by atoms with Crippen molar-refractivity contribution in [3.63, 3.8) is 0 Å². The lowest BCUT2D eigenvalue weighted by Gasteiger charge is -2.35. The summed E-state index contributed by atoms with van der Waals surface area (Å²) in [7, 11) is 0. The first-order valence-electron chi connectivity index (χ1n) is 9.67. The van der Waals surface area contributed by atoms with Crippen molar-refractivity contribution in [3.05, 3.63) is 27.7 Å². The van der Waals surface area contributed by atoms with E-state index in [0.29, 0.717) is 6.04 Å². The predicted octanol–water partition coefficient (Wildman–Crippen LogP) is 2.92. The molecule has 1 atom stereocenters. The topological polar surface area (TPSA) is 38.1 Å². The number of hydrogen-bond acceptors (Lipinski definition) is 3. The lowest BCUT2D eigenvalue weighted by molar-refractivity contribution is 0.128.